The van der Waals surface area contributed by atoms with E-state index in [1.807, 2.05) is 76.3 Å². The van der Waals surface area contributed by atoms with Crippen LogP contribution in [0.2, 0.25) is 0 Å². The lowest BCUT2D eigenvalue weighted by atomic mass is 10.1. The minimum Gasteiger partial charge on any atom is -0.367 e. The van der Waals surface area contributed by atoms with E-state index in [2.05, 4.69) is 25.2 Å². The van der Waals surface area contributed by atoms with Crippen LogP contribution in [0.3, 0.4) is 0 Å². The Kier molecular flexibility index (Phi) is 7.52. The number of carbonyl (C=O) groups is 1. The molecule has 0 radical (unpaired) electrons. The number of imidazole rings is 1. The van der Waals surface area contributed by atoms with E-state index in [1.54, 1.807) is 55.8 Å². The summed E-state index contributed by atoms with van der Waals surface area (Å²) in [5.41, 5.74) is 5.30. The minimum atomic E-state index is -3.83. The van der Waals surface area contributed by atoms with Gasteiger partial charge in [0.1, 0.15) is 11.5 Å². The standard InChI is InChI=1S/C36H31N9O3S/c1-25(46)42-17-19-43(20-18-42)27-12-13-34(38-21-27)41-36-37-16-15-31(40-36)33-22-39-35-14-11-26(23-44(33)35)30-24-45(32-10-6-5-9-29(30)32)49(47,48)28-7-3-2-4-8-28/h2-16,21-24H,17-20H2,1H3,(H,37,38,40,41). The molecule has 0 spiro atoms. The van der Waals surface area contributed by atoms with Gasteiger partial charge in [-0.1, -0.05) is 36.4 Å². The average Bonchev–Trinajstić information content (AvgIpc) is 3.75. The molecule has 0 unspecified atom stereocenters. The van der Waals surface area contributed by atoms with Gasteiger partial charge in [0.2, 0.25) is 11.9 Å². The molecule has 1 aliphatic rings. The average molecular weight is 670 g/mol. The molecule has 13 heteroatoms. The first kappa shape index (κ1) is 30.3. The number of anilines is 3. The number of nitrogens with one attached hydrogen (secondary N) is 1. The van der Waals surface area contributed by atoms with E-state index in [0.717, 1.165) is 41.0 Å². The fourth-order valence-electron chi connectivity index (χ4n) is 6.22. The number of pyridine rings is 2. The molecule has 1 aliphatic heterocycles. The molecule has 0 saturated carbocycles. The van der Waals surface area contributed by atoms with Crippen molar-refractivity contribution in [3.05, 3.63) is 116 Å². The van der Waals surface area contributed by atoms with Gasteiger partial charge in [-0.3, -0.25) is 9.20 Å². The molecule has 2 aromatic carbocycles. The van der Waals surface area contributed by atoms with Crippen molar-refractivity contribution >= 4 is 49.9 Å². The van der Waals surface area contributed by atoms with E-state index in [0.29, 0.717) is 41.7 Å². The smallest absolute Gasteiger partial charge is 0.268 e. The van der Waals surface area contributed by atoms with Crippen molar-refractivity contribution in [2.24, 2.45) is 0 Å². The Hall–Kier alpha value is -6.08. The molecule has 1 saturated heterocycles. The van der Waals surface area contributed by atoms with Crippen LogP contribution in [0.25, 0.3) is 39.1 Å². The highest BCUT2D eigenvalue weighted by Gasteiger charge is 2.22. The van der Waals surface area contributed by atoms with Crippen molar-refractivity contribution in [1.82, 2.24) is 33.2 Å². The van der Waals surface area contributed by atoms with Crippen molar-refractivity contribution in [2.45, 2.75) is 11.8 Å². The summed E-state index contributed by atoms with van der Waals surface area (Å²) in [6.07, 6.45) is 8.88. The van der Waals surface area contributed by atoms with Gasteiger partial charge in [0, 0.05) is 68.2 Å². The number of para-hydroxylation sites is 1. The highest BCUT2D eigenvalue weighted by molar-refractivity contribution is 7.90. The lowest BCUT2D eigenvalue weighted by molar-refractivity contribution is -0.129. The van der Waals surface area contributed by atoms with Crippen LogP contribution in [0, 0.1) is 0 Å². The fraction of sp³-hybridized carbons (Fsp3) is 0.139. The molecule has 1 N–H and O–H groups in total. The molecule has 49 heavy (non-hydrogen) atoms. The summed E-state index contributed by atoms with van der Waals surface area (Å²) in [5.74, 6) is 1.09. The molecule has 0 atom stereocenters. The number of benzene rings is 2. The van der Waals surface area contributed by atoms with E-state index in [1.165, 1.54) is 3.97 Å². The number of aromatic nitrogens is 6. The number of rotatable bonds is 7. The van der Waals surface area contributed by atoms with E-state index in [9.17, 15) is 13.2 Å². The van der Waals surface area contributed by atoms with Crippen LogP contribution < -0.4 is 10.2 Å². The predicted molar refractivity (Wildman–Crippen MR) is 188 cm³/mol. The maximum atomic E-state index is 13.7. The Labute approximate surface area is 282 Å². The first-order valence-electron chi connectivity index (χ1n) is 15.8. The van der Waals surface area contributed by atoms with Crippen LogP contribution in [0.5, 0.6) is 0 Å². The summed E-state index contributed by atoms with van der Waals surface area (Å²) >= 11 is 0. The third-order valence-electron chi connectivity index (χ3n) is 8.79. The summed E-state index contributed by atoms with van der Waals surface area (Å²) in [4.78, 5) is 34.3. The Morgan fingerprint density at radius 2 is 1.59 bits per heavy atom. The second-order valence-electron chi connectivity index (χ2n) is 11.7. The van der Waals surface area contributed by atoms with E-state index < -0.39 is 10.0 Å². The van der Waals surface area contributed by atoms with Gasteiger partial charge < -0.3 is 15.1 Å². The van der Waals surface area contributed by atoms with Crippen molar-refractivity contribution in [1.29, 1.82) is 0 Å². The Morgan fingerprint density at radius 1 is 0.796 bits per heavy atom. The molecule has 1 amide bonds. The lowest BCUT2D eigenvalue weighted by Gasteiger charge is -2.35. The molecular formula is C36H31N9O3S. The number of carbonyl (C=O) groups excluding carboxylic acids is 1. The van der Waals surface area contributed by atoms with Crippen molar-refractivity contribution < 1.29 is 13.2 Å². The molecule has 5 aromatic heterocycles. The molecular weight excluding hydrogens is 639 g/mol. The maximum absolute atomic E-state index is 13.7. The third kappa shape index (κ3) is 5.63. The minimum absolute atomic E-state index is 0.101. The van der Waals surface area contributed by atoms with Gasteiger partial charge in [-0.25, -0.2) is 32.3 Å². The quantitative estimate of drug-likeness (QED) is 0.235. The van der Waals surface area contributed by atoms with E-state index >= 15 is 0 Å². The predicted octanol–water partition coefficient (Wildman–Crippen LogP) is 5.46. The van der Waals surface area contributed by atoms with Gasteiger partial charge in [0.15, 0.2) is 0 Å². The van der Waals surface area contributed by atoms with Gasteiger partial charge in [-0.05, 0) is 48.5 Å². The molecule has 0 bridgehead atoms. The molecule has 7 aromatic rings. The molecule has 6 heterocycles. The number of hydrogen-bond acceptors (Lipinski definition) is 9. The Bertz CT molecular complexity index is 2430. The zero-order chi connectivity index (χ0) is 33.5. The molecule has 12 nitrogen and oxygen atoms in total. The van der Waals surface area contributed by atoms with Crippen LogP contribution >= 0.6 is 0 Å². The normalized spacial score (nSPS) is 13.7. The van der Waals surface area contributed by atoms with Gasteiger partial charge >= 0.3 is 0 Å². The van der Waals surface area contributed by atoms with Crippen molar-refractivity contribution in [3.63, 3.8) is 0 Å². The number of fused-ring (bicyclic) bond motifs is 2. The summed E-state index contributed by atoms with van der Waals surface area (Å²) in [7, 11) is -3.83. The Morgan fingerprint density at radius 3 is 2.37 bits per heavy atom. The van der Waals surface area contributed by atoms with Gasteiger partial charge in [0.05, 0.1) is 39.9 Å². The summed E-state index contributed by atoms with van der Waals surface area (Å²) in [6.45, 7) is 4.51. The maximum Gasteiger partial charge on any atom is 0.268 e. The third-order valence-corrected chi connectivity index (χ3v) is 10.5. The molecule has 1 fully saturated rings. The summed E-state index contributed by atoms with van der Waals surface area (Å²) in [5, 5.41) is 4.01. The van der Waals surface area contributed by atoms with Crippen LogP contribution in [-0.4, -0.2) is 73.7 Å². The lowest BCUT2D eigenvalue weighted by Crippen LogP contribution is -2.48. The first-order chi connectivity index (χ1) is 23.8. The first-order valence-corrected chi connectivity index (χ1v) is 17.2. The fourth-order valence-corrected chi connectivity index (χ4v) is 7.61. The largest absolute Gasteiger partial charge is 0.367 e. The number of hydrogen-bond donors (Lipinski definition) is 1. The second-order valence-corrected chi connectivity index (χ2v) is 13.6. The van der Waals surface area contributed by atoms with E-state index in [-0.39, 0.29) is 10.8 Å². The summed E-state index contributed by atoms with van der Waals surface area (Å²) < 4.78 is 30.7. The SMILES string of the molecule is CC(=O)N1CCN(c2ccc(Nc3nccc(-c4cnc5ccc(-c6cn(S(=O)(=O)c7ccccc7)c7ccccc67)cn45)n3)nc2)CC1. The van der Waals surface area contributed by atoms with Gasteiger partial charge in [-0.15, -0.1) is 0 Å². The molecule has 244 valence electrons. The molecule has 0 aliphatic carbocycles. The topological polar surface area (TPSA) is 131 Å². The van der Waals surface area contributed by atoms with Crippen molar-refractivity contribution in [2.75, 3.05) is 36.4 Å². The van der Waals surface area contributed by atoms with Crippen LogP contribution in [0.15, 0.2) is 121 Å². The summed E-state index contributed by atoms with van der Waals surface area (Å²) in [6, 6.07) is 25.5. The van der Waals surface area contributed by atoms with Crippen LogP contribution in [0.1, 0.15) is 6.92 Å². The number of piperazine rings is 1. The van der Waals surface area contributed by atoms with Crippen LogP contribution in [-0.2, 0) is 14.8 Å². The van der Waals surface area contributed by atoms with Gasteiger partial charge in [-0.2, -0.15) is 0 Å². The second kappa shape index (κ2) is 12.2. The highest BCUT2D eigenvalue weighted by atomic mass is 32.2. The zero-order valence-corrected chi connectivity index (χ0v) is 27.3. The van der Waals surface area contributed by atoms with E-state index in [4.69, 9.17) is 4.98 Å². The number of nitrogens with zero attached hydrogens (tertiary/aromatic N) is 8. The molecule has 8 rings (SSSR count). The number of amides is 1. The zero-order valence-electron chi connectivity index (χ0n) is 26.5. The van der Waals surface area contributed by atoms with Gasteiger partial charge in [0.25, 0.3) is 10.0 Å². The van der Waals surface area contributed by atoms with Crippen molar-refractivity contribution in [3.8, 4) is 22.5 Å². The highest BCUT2D eigenvalue weighted by Crippen LogP contribution is 2.34. The Balaban J connectivity index is 1.08. The van der Waals surface area contributed by atoms with Crippen LogP contribution in [0.4, 0.5) is 17.5 Å². The monoisotopic (exact) mass is 669 g/mol.